The van der Waals surface area contributed by atoms with Gasteiger partial charge >= 0.3 is 0 Å². The van der Waals surface area contributed by atoms with Crippen molar-refractivity contribution in [2.24, 2.45) is 0 Å². The first kappa shape index (κ1) is 16.3. The summed E-state index contributed by atoms with van der Waals surface area (Å²) in [6, 6.07) is 5.70. The van der Waals surface area contributed by atoms with Gasteiger partial charge in [0.15, 0.2) is 6.61 Å². The van der Waals surface area contributed by atoms with Crippen molar-refractivity contribution in [1.29, 1.82) is 0 Å². The van der Waals surface area contributed by atoms with Crippen LogP contribution < -0.4 is 15.0 Å². The van der Waals surface area contributed by atoms with E-state index in [2.05, 4.69) is 21.2 Å². The van der Waals surface area contributed by atoms with Gasteiger partial charge in [-0.15, -0.1) is 0 Å². The van der Waals surface area contributed by atoms with Gasteiger partial charge in [-0.3, -0.25) is 14.5 Å². The summed E-state index contributed by atoms with van der Waals surface area (Å²) in [6.07, 6.45) is 6.89. The maximum Gasteiger partial charge on any atom is 0.265 e. The summed E-state index contributed by atoms with van der Waals surface area (Å²) in [7, 11) is 0. The summed E-state index contributed by atoms with van der Waals surface area (Å²) in [5.41, 5.74) is 0.653. The maximum atomic E-state index is 12.4. The van der Waals surface area contributed by atoms with Gasteiger partial charge in [0.2, 0.25) is 5.91 Å². The van der Waals surface area contributed by atoms with Crippen LogP contribution in [0.5, 0.6) is 5.75 Å². The van der Waals surface area contributed by atoms with Crippen LogP contribution in [0.2, 0.25) is 0 Å². The zero-order valence-corrected chi connectivity index (χ0v) is 14.6. The Morgan fingerprint density at radius 3 is 2.74 bits per heavy atom. The van der Waals surface area contributed by atoms with E-state index in [0.29, 0.717) is 11.4 Å². The molecular weight excluding hydrogens is 360 g/mol. The molecule has 5 nitrogen and oxygen atoms in total. The minimum Gasteiger partial charge on any atom is -0.482 e. The summed E-state index contributed by atoms with van der Waals surface area (Å²) < 4.78 is 6.32. The van der Waals surface area contributed by atoms with Crippen molar-refractivity contribution in [2.45, 2.75) is 44.6 Å². The Bertz CT molecular complexity index is 598. The number of nitrogens with zero attached hydrogens (tertiary/aromatic N) is 1. The second-order valence-corrected chi connectivity index (χ2v) is 7.05. The van der Waals surface area contributed by atoms with Crippen LogP contribution in [0.15, 0.2) is 22.7 Å². The second-order valence-electron chi connectivity index (χ2n) is 6.14. The number of carbonyl (C=O) groups is 2. The maximum absolute atomic E-state index is 12.4. The van der Waals surface area contributed by atoms with E-state index in [1.165, 1.54) is 17.7 Å². The van der Waals surface area contributed by atoms with E-state index in [0.717, 1.165) is 30.2 Å². The van der Waals surface area contributed by atoms with Crippen molar-refractivity contribution in [3.8, 4) is 5.75 Å². The molecule has 1 fully saturated rings. The molecular formula is C17H21BrN2O3. The normalized spacial score (nSPS) is 18.8. The molecule has 1 N–H and O–H groups in total. The van der Waals surface area contributed by atoms with Crippen LogP contribution in [0.3, 0.4) is 0 Å². The highest BCUT2D eigenvalue weighted by Gasteiger charge is 2.28. The SMILES string of the molecule is O=C(CN1C(=O)COc2cc(Br)ccc21)NC1CCCCCC1. The monoisotopic (exact) mass is 380 g/mol. The first-order chi connectivity index (χ1) is 11.1. The van der Waals surface area contributed by atoms with E-state index in [9.17, 15) is 9.59 Å². The number of nitrogens with one attached hydrogen (secondary N) is 1. The smallest absolute Gasteiger partial charge is 0.265 e. The molecule has 2 amide bonds. The molecule has 0 unspecified atom stereocenters. The first-order valence-corrected chi connectivity index (χ1v) is 8.95. The van der Waals surface area contributed by atoms with Gasteiger partial charge in [0.25, 0.3) is 5.91 Å². The van der Waals surface area contributed by atoms with Crippen molar-refractivity contribution in [3.63, 3.8) is 0 Å². The molecule has 1 saturated carbocycles. The Hall–Kier alpha value is -1.56. The van der Waals surface area contributed by atoms with Crippen LogP contribution in [0.4, 0.5) is 5.69 Å². The number of ether oxygens (including phenoxy) is 1. The molecule has 0 spiro atoms. The van der Waals surface area contributed by atoms with E-state index in [1.54, 1.807) is 6.07 Å². The van der Waals surface area contributed by atoms with Crippen LogP contribution in [0.1, 0.15) is 38.5 Å². The van der Waals surface area contributed by atoms with Gasteiger partial charge in [0.1, 0.15) is 12.3 Å². The lowest BCUT2D eigenvalue weighted by Crippen LogP contribution is -2.47. The lowest BCUT2D eigenvalue weighted by atomic mass is 10.1. The number of benzene rings is 1. The zero-order chi connectivity index (χ0) is 16.2. The Morgan fingerprint density at radius 1 is 1.26 bits per heavy atom. The number of amides is 2. The van der Waals surface area contributed by atoms with E-state index in [4.69, 9.17) is 4.74 Å². The summed E-state index contributed by atoms with van der Waals surface area (Å²) >= 11 is 3.39. The van der Waals surface area contributed by atoms with Crippen LogP contribution in [0, 0.1) is 0 Å². The van der Waals surface area contributed by atoms with Gasteiger partial charge < -0.3 is 10.1 Å². The topological polar surface area (TPSA) is 58.6 Å². The highest BCUT2D eigenvalue weighted by Crippen LogP contribution is 2.34. The molecule has 0 atom stereocenters. The molecule has 1 heterocycles. The van der Waals surface area contributed by atoms with Crippen LogP contribution in [-0.2, 0) is 9.59 Å². The average molecular weight is 381 g/mol. The molecule has 6 heteroatoms. The number of carbonyl (C=O) groups excluding carboxylic acids is 2. The van der Waals surface area contributed by atoms with Gasteiger partial charge in [-0.1, -0.05) is 41.6 Å². The Balaban J connectivity index is 1.67. The third kappa shape index (κ3) is 4.05. The number of fused-ring (bicyclic) bond motifs is 1. The van der Waals surface area contributed by atoms with Crippen LogP contribution in [-0.4, -0.2) is 31.0 Å². The average Bonchev–Trinajstić information content (AvgIpc) is 2.79. The standard InChI is InChI=1S/C17H21BrN2O3/c18-12-7-8-14-15(9-12)23-11-17(22)20(14)10-16(21)19-13-5-3-1-2-4-6-13/h7-9,13H,1-6,10-11H2,(H,19,21). The molecule has 2 aliphatic rings. The number of hydrogen-bond donors (Lipinski definition) is 1. The molecule has 3 rings (SSSR count). The minimum absolute atomic E-state index is 0.0276. The second kappa shape index (κ2) is 7.34. The fourth-order valence-electron chi connectivity index (χ4n) is 3.19. The molecule has 1 aromatic rings. The lowest BCUT2D eigenvalue weighted by molar-refractivity contribution is -0.125. The van der Waals surface area contributed by atoms with Crippen molar-refractivity contribution < 1.29 is 14.3 Å². The predicted octanol–water partition coefficient (Wildman–Crippen LogP) is 3.01. The summed E-state index contributed by atoms with van der Waals surface area (Å²) in [5.74, 6) is 0.345. The predicted molar refractivity (Wildman–Crippen MR) is 91.6 cm³/mol. The van der Waals surface area contributed by atoms with E-state index < -0.39 is 0 Å². The Kier molecular flexibility index (Phi) is 5.20. The molecule has 124 valence electrons. The summed E-state index contributed by atoms with van der Waals surface area (Å²) in [5, 5.41) is 3.09. The molecule has 0 bridgehead atoms. The third-order valence-corrected chi connectivity index (χ3v) is 4.88. The molecule has 1 aromatic carbocycles. The van der Waals surface area contributed by atoms with E-state index in [-0.39, 0.29) is 31.0 Å². The fourth-order valence-corrected chi connectivity index (χ4v) is 3.53. The van der Waals surface area contributed by atoms with Crippen molar-refractivity contribution in [2.75, 3.05) is 18.1 Å². The van der Waals surface area contributed by atoms with Crippen molar-refractivity contribution in [1.82, 2.24) is 5.32 Å². The highest BCUT2D eigenvalue weighted by atomic mass is 79.9. The molecule has 0 aromatic heterocycles. The molecule has 1 aliphatic heterocycles. The number of hydrogen-bond acceptors (Lipinski definition) is 3. The highest BCUT2D eigenvalue weighted by molar-refractivity contribution is 9.10. The number of anilines is 1. The van der Waals surface area contributed by atoms with E-state index in [1.807, 2.05) is 12.1 Å². The quantitative estimate of drug-likeness (QED) is 0.819. The lowest BCUT2D eigenvalue weighted by Gasteiger charge is -2.29. The van der Waals surface area contributed by atoms with E-state index >= 15 is 0 Å². The number of rotatable bonds is 3. The van der Waals surface area contributed by atoms with Gasteiger partial charge in [-0.25, -0.2) is 0 Å². The zero-order valence-electron chi connectivity index (χ0n) is 13.0. The fraction of sp³-hybridized carbons (Fsp3) is 0.529. The van der Waals surface area contributed by atoms with Crippen molar-refractivity contribution in [3.05, 3.63) is 22.7 Å². The van der Waals surface area contributed by atoms with Gasteiger partial charge in [-0.05, 0) is 31.0 Å². The van der Waals surface area contributed by atoms with Gasteiger partial charge in [0, 0.05) is 10.5 Å². The molecule has 1 aliphatic carbocycles. The Labute approximate surface area is 144 Å². The number of halogens is 1. The molecule has 0 radical (unpaired) electrons. The largest absolute Gasteiger partial charge is 0.482 e. The summed E-state index contributed by atoms with van der Waals surface area (Å²) in [4.78, 5) is 26.0. The Morgan fingerprint density at radius 2 is 2.00 bits per heavy atom. The molecule has 0 saturated heterocycles. The van der Waals surface area contributed by atoms with Crippen LogP contribution >= 0.6 is 15.9 Å². The van der Waals surface area contributed by atoms with Crippen molar-refractivity contribution >= 4 is 33.4 Å². The summed E-state index contributed by atoms with van der Waals surface area (Å²) in [6.45, 7) is 0.0213. The molecule has 23 heavy (non-hydrogen) atoms. The van der Waals surface area contributed by atoms with Crippen LogP contribution in [0.25, 0.3) is 0 Å². The first-order valence-electron chi connectivity index (χ1n) is 8.15. The minimum atomic E-state index is -0.184. The van der Waals surface area contributed by atoms with Gasteiger partial charge in [-0.2, -0.15) is 0 Å². The third-order valence-electron chi connectivity index (χ3n) is 4.39. The van der Waals surface area contributed by atoms with Gasteiger partial charge in [0.05, 0.1) is 5.69 Å².